The number of fused-ring (bicyclic) bond motifs is 4. The second-order valence-corrected chi connectivity index (χ2v) is 7.54. The van der Waals surface area contributed by atoms with Gasteiger partial charge in [0, 0.05) is 6.20 Å². The van der Waals surface area contributed by atoms with Crippen LogP contribution in [0.25, 0.3) is 26.2 Å². The summed E-state index contributed by atoms with van der Waals surface area (Å²) in [6.45, 7) is 0. The van der Waals surface area contributed by atoms with E-state index in [4.69, 9.17) is 0 Å². The van der Waals surface area contributed by atoms with E-state index < -0.39 is 5.56 Å². The number of anilines is 1. The van der Waals surface area contributed by atoms with Gasteiger partial charge in [-0.25, -0.2) is 0 Å². The van der Waals surface area contributed by atoms with Gasteiger partial charge in [-0.1, -0.05) is 44.9 Å². The fourth-order valence-electron chi connectivity index (χ4n) is 2.38. The maximum absolute atomic E-state index is 12.6. The minimum absolute atomic E-state index is 0.132. The highest BCUT2D eigenvalue weighted by Gasteiger charge is 2.02. The maximum atomic E-state index is 12.6. The van der Waals surface area contributed by atoms with Crippen molar-refractivity contribution in [2.75, 3.05) is 5.32 Å². The highest BCUT2D eigenvalue weighted by atomic mass is 32.9. The quantitative estimate of drug-likeness (QED) is 0.582. The monoisotopic (exact) mass is 380 g/mol. The van der Waals surface area contributed by atoms with E-state index in [-0.39, 0.29) is 11.5 Å². The van der Waals surface area contributed by atoms with Gasteiger partial charge >= 0.3 is 0 Å². The van der Waals surface area contributed by atoms with E-state index >= 15 is 0 Å². The van der Waals surface area contributed by atoms with E-state index in [0.717, 1.165) is 9.40 Å². The summed E-state index contributed by atoms with van der Waals surface area (Å²) >= 11 is 0. The van der Waals surface area contributed by atoms with Crippen LogP contribution in [0, 0.1) is 0 Å². The third-order valence-electron chi connectivity index (χ3n) is 3.60. The molecule has 0 aliphatic carbocycles. The topological polar surface area (TPSA) is 87.7 Å². The molecule has 1 aliphatic rings. The average Bonchev–Trinajstić information content (AvgIpc) is 2.67. The van der Waals surface area contributed by atoms with Crippen LogP contribution >= 0.6 is 20.7 Å². The molecule has 1 aromatic heterocycles. The Bertz CT molecular complexity index is 1270. The van der Waals surface area contributed by atoms with Gasteiger partial charge in [0.2, 0.25) is 5.95 Å². The standard InChI is InChI=1S/C18H12N4O2S2/c23-16-11-5-1-3-7-13(11)25-26-14-8-4-2-6-12(14)17(24)22-18-19-10-9-15(20-16)21-18/h1-10H,(H2,19,20,21,22,23,24). The number of rotatable bonds is 0. The number of benzene rings is 2. The predicted octanol–water partition coefficient (Wildman–Crippen LogP) is 3.60. The zero-order valence-corrected chi connectivity index (χ0v) is 14.9. The van der Waals surface area contributed by atoms with Gasteiger partial charge in [-0.15, -0.1) is 0 Å². The highest BCUT2D eigenvalue weighted by molar-refractivity contribution is 7.73. The van der Waals surface area contributed by atoms with Crippen molar-refractivity contribution in [2.24, 2.45) is 0 Å². The van der Waals surface area contributed by atoms with Crippen LogP contribution in [-0.2, 0) is 0 Å². The van der Waals surface area contributed by atoms with Gasteiger partial charge in [-0.3, -0.25) is 9.59 Å². The lowest BCUT2D eigenvalue weighted by molar-refractivity contribution is 1.08. The van der Waals surface area contributed by atoms with Gasteiger partial charge in [0.1, 0.15) is 5.82 Å². The Kier molecular flexibility index (Phi) is 4.42. The molecule has 0 amide bonds. The Labute approximate surface area is 154 Å². The minimum atomic E-state index is -0.395. The lowest BCUT2D eigenvalue weighted by Gasteiger charge is -2.01. The maximum Gasteiger partial charge on any atom is 0.281 e. The predicted molar refractivity (Wildman–Crippen MR) is 108 cm³/mol. The zero-order valence-electron chi connectivity index (χ0n) is 13.3. The van der Waals surface area contributed by atoms with Crippen molar-refractivity contribution in [1.29, 1.82) is 0 Å². The summed E-state index contributed by atoms with van der Waals surface area (Å²) in [4.78, 5) is 36.2. The molecule has 0 atom stereocenters. The van der Waals surface area contributed by atoms with Gasteiger partial charge in [0.25, 0.3) is 11.1 Å². The smallest absolute Gasteiger partial charge is 0.281 e. The number of hydrogen-bond acceptors (Lipinski definition) is 7. The van der Waals surface area contributed by atoms with E-state index in [1.165, 1.54) is 20.7 Å². The van der Waals surface area contributed by atoms with Crippen molar-refractivity contribution in [3.8, 4) is 0 Å². The van der Waals surface area contributed by atoms with Crippen LogP contribution < -0.4 is 16.4 Å². The van der Waals surface area contributed by atoms with Crippen molar-refractivity contribution in [1.82, 2.24) is 15.0 Å². The Hall–Kier alpha value is -3.10. The summed E-state index contributed by atoms with van der Waals surface area (Å²) in [6.07, 6.45) is 3.19. The zero-order chi connectivity index (χ0) is 17.9. The third-order valence-corrected chi connectivity index (χ3v) is 6.08. The molecule has 8 heteroatoms. The van der Waals surface area contributed by atoms with Gasteiger partial charge in [-0.2, -0.15) is 9.97 Å². The van der Waals surface area contributed by atoms with Gasteiger partial charge in [-0.05, 0) is 30.3 Å². The van der Waals surface area contributed by atoms with Crippen molar-refractivity contribution in [2.45, 2.75) is 0 Å². The van der Waals surface area contributed by atoms with E-state index in [2.05, 4.69) is 20.3 Å². The summed E-state index contributed by atoms with van der Waals surface area (Å²) < 4.78 is 1.58. The molecule has 0 radical (unpaired) electrons. The molecule has 0 saturated carbocycles. The minimum Gasteiger partial charge on any atom is -0.330 e. The van der Waals surface area contributed by atoms with Crippen molar-refractivity contribution in [3.05, 3.63) is 81.3 Å². The molecule has 128 valence electrons. The first-order valence-electron chi connectivity index (χ1n) is 7.69. The molecule has 2 N–H and O–H groups in total. The number of nitrogens with zero attached hydrogens (tertiary/aromatic N) is 2. The Morgan fingerprint density at radius 3 is 2.23 bits per heavy atom. The molecule has 26 heavy (non-hydrogen) atoms. The first-order valence-corrected chi connectivity index (χ1v) is 9.84. The van der Waals surface area contributed by atoms with Crippen LogP contribution in [0.1, 0.15) is 5.82 Å². The molecular weight excluding hydrogens is 368 g/mol. The normalized spacial score (nSPS) is 11.5. The first-order chi connectivity index (χ1) is 12.7. The molecule has 0 saturated heterocycles. The number of nitrogens with one attached hydrogen (secondary N) is 2. The van der Waals surface area contributed by atoms with Crippen LogP contribution in [-0.4, -0.2) is 15.0 Å². The molecule has 2 bridgehead atoms. The van der Waals surface area contributed by atoms with E-state index in [1.54, 1.807) is 30.5 Å². The van der Waals surface area contributed by atoms with E-state index in [0.29, 0.717) is 16.6 Å². The second-order valence-electron chi connectivity index (χ2n) is 5.33. The Balaban J connectivity index is 2.25. The molecule has 0 unspecified atom stereocenters. The molecule has 4 rings (SSSR count). The van der Waals surface area contributed by atoms with Crippen LogP contribution in [0.2, 0.25) is 0 Å². The Morgan fingerprint density at radius 1 is 0.808 bits per heavy atom. The van der Waals surface area contributed by atoms with Crippen LogP contribution in [0.5, 0.6) is 0 Å². The Morgan fingerprint density at radius 2 is 1.46 bits per heavy atom. The third kappa shape index (κ3) is 3.32. The molecule has 2 aromatic carbocycles. The summed E-state index contributed by atoms with van der Waals surface area (Å²) in [5.41, 5.74) is -0.661. The van der Waals surface area contributed by atoms with Gasteiger partial charge in [0.05, 0.1) is 20.2 Å². The van der Waals surface area contributed by atoms with Gasteiger partial charge < -0.3 is 10.3 Å². The number of H-pyrrole nitrogens is 1. The molecule has 3 aromatic rings. The first kappa shape index (κ1) is 16.4. The second kappa shape index (κ2) is 7.03. The highest BCUT2D eigenvalue weighted by Crippen LogP contribution is 2.21. The van der Waals surface area contributed by atoms with Crippen molar-refractivity contribution >= 4 is 52.9 Å². The van der Waals surface area contributed by atoms with E-state index in [9.17, 15) is 9.59 Å². The largest absolute Gasteiger partial charge is 0.330 e. The molecule has 0 spiro atoms. The molecule has 1 aliphatic heterocycles. The fourth-order valence-corrected chi connectivity index (χ4v) is 4.73. The molecular formula is C18H12N4O2S2. The average molecular weight is 380 g/mol. The number of hydrogen-bond donors (Lipinski definition) is 2. The van der Waals surface area contributed by atoms with Crippen LogP contribution in [0.4, 0.5) is 5.95 Å². The summed E-state index contributed by atoms with van der Waals surface area (Å²) in [5.74, 6) is 0.452. The van der Waals surface area contributed by atoms with Gasteiger partial charge in [0.15, 0.2) is 0 Å². The molecule has 0 fully saturated rings. The summed E-state index contributed by atoms with van der Waals surface area (Å²) in [7, 11) is 2.84. The summed E-state index contributed by atoms with van der Waals surface area (Å²) in [5, 5.41) is 3.84. The summed E-state index contributed by atoms with van der Waals surface area (Å²) in [6, 6.07) is 14.6. The molecule has 6 nitrogen and oxygen atoms in total. The van der Waals surface area contributed by atoms with Crippen LogP contribution in [0.3, 0.4) is 0 Å². The van der Waals surface area contributed by atoms with Crippen molar-refractivity contribution < 1.29 is 0 Å². The lowest BCUT2D eigenvalue weighted by Crippen LogP contribution is -2.11. The lowest BCUT2D eigenvalue weighted by atomic mass is 10.3. The SMILES string of the molecule is O=c1nc2nc([nH]c(=O)c3ccccc3ssc3ccccc13)C=CN2. The number of aromatic nitrogens is 3. The fraction of sp³-hybridized carbons (Fsp3) is 0. The van der Waals surface area contributed by atoms with Crippen molar-refractivity contribution in [3.63, 3.8) is 0 Å². The van der Waals surface area contributed by atoms with E-state index in [1.807, 2.05) is 30.3 Å². The van der Waals surface area contributed by atoms with Crippen LogP contribution in [0.15, 0.2) is 64.3 Å². The molecule has 2 heterocycles. The number of aromatic amines is 1.